The van der Waals surface area contributed by atoms with Crippen molar-refractivity contribution in [2.24, 2.45) is 5.92 Å². The maximum atomic E-state index is 12.9. The maximum Gasteiger partial charge on any atom is 0.248 e. The second-order valence-corrected chi connectivity index (χ2v) is 8.01. The fourth-order valence-corrected chi connectivity index (χ4v) is 4.71. The third-order valence-corrected chi connectivity index (χ3v) is 6.45. The third kappa shape index (κ3) is 4.34. The number of aliphatic hydroxyl groups is 1. The van der Waals surface area contributed by atoms with Crippen LogP contribution in [0.3, 0.4) is 0 Å². The Balaban J connectivity index is 2.23. The highest BCUT2D eigenvalue weighted by atomic mass is 32.2. The van der Waals surface area contributed by atoms with Gasteiger partial charge in [-0.25, -0.2) is 8.42 Å². The molecule has 1 aliphatic heterocycles. The van der Waals surface area contributed by atoms with Gasteiger partial charge < -0.3 is 14.9 Å². The minimum atomic E-state index is -3.77. The number of hydrogen-bond acceptors (Lipinski definition) is 6. The van der Waals surface area contributed by atoms with E-state index in [1.54, 1.807) is 13.8 Å². The summed E-state index contributed by atoms with van der Waals surface area (Å²) in [6.07, 6.45) is 2.13. The van der Waals surface area contributed by atoms with Gasteiger partial charge in [0.1, 0.15) is 10.6 Å². The van der Waals surface area contributed by atoms with Crippen molar-refractivity contribution in [3.8, 4) is 0 Å². The molecule has 0 saturated carbocycles. The van der Waals surface area contributed by atoms with Gasteiger partial charge in [-0.15, -0.1) is 0 Å². The molecule has 9 heteroatoms. The number of amides is 1. The number of aliphatic hydroxyl groups excluding tert-OH is 1. The summed E-state index contributed by atoms with van der Waals surface area (Å²) in [6, 6.07) is 0. The second kappa shape index (κ2) is 8.09. The number of nitrogens with zero attached hydrogens (tertiary/aromatic N) is 2. The van der Waals surface area contributed by atoms with Crippen LogP contribution in [-0.2, 0) is 14.8 Å². The fraction of sp³-hybridized carbons (Fsp3) is 0.733. The molecule has 136 valence electrons. The average Bonchev–Trinajstić information content (AvgIpc) is 2.85. The summed E-state index contributed by atoms with van der Waals surface area (Å²) >= 11 is 0. The molecule has 1 aromatic heterocycles. The van der Waals surface area contributed by atoms with Crippen LogP contribution in [0.2, 0.25) is 0 Å². The van der Waals surface area contributed by atoms with Gasteiger partial charge in [-0.3, -0.25) is 4.79 Å². The summed E-state index contributed by atoms with van der Waals surface area (Å²) in [5.41, 5.74) is 0.319. The number of aryl methyl sites for hydroxylation is 2. The van der Waals surface area contributed by atoms with Crippen LogP contribution >= 0.6 is 0 Å². The Labute approximate surface area is 142 Å². The normalized spacial score (nSPS) is 22.0. The first-order valence-electron chi connectivity index (χ1n) is 8.16. The highest BCUT2D eigenvalue weighted by Gasteiger charge is 2.31. The lowest BCUT2D eigenvalue weighted by atomic mass is 10.0. The first kappa shape index (κ1) is 18.9. The van der Waals surface area contributed by atoms with E-state index in [1.165, 1.54) is 4.31 Å². The van der Waals surface area contributed by atoms with Crippen molar-refractivity contribution in [1.29, 1.82) is 0 Å². The molecule has 8 nitrogen and oxygen atoms in total. The topological polar surface area (TPSA) is 113 Å². The molecule has 1 fully saturated rings. The lowest BCUT2D eigenvalue weighted by Gasteiger charge is -2.22. The molecule has 2 rings (SSSR count). The highest BCUT2D eigenvalue weighted by molar-refractivity contribution is 7.89. The van der Waals surface area contributed by atoms with Crippen LogP contribution in [0.15, 0.2) is 9.42 Å². The molecule has 0 aromatic carbocycles. The van der Waals surface area contributed by atoms with E-state index in [0.29, 0.717) is 38.0 Å². The van der Waals surface area contributed by atoms with E-state index >= 15 is 0 Å². The van der Waals surface area contributed by atoms with Gasteiger partial charge in [0, 0.05) is 32.7 Å². The molecule has 1 unspecified atom stereocenters. The molecule has 1 saturated heterocycles. The van der Waals surface area contributed by atoms with Crippen LogP contribution in [0.5, 0.6) is 0 Å². The van der Waals surface area contributed by atoms with Crippen molar-refractivity contribution in [3.63, 3.8) is 0 Å². The van der Waals surface area contributed by atoms with Crippen LogP contribution in [0, 0.1) is 19.8 Å². The molecule has 0 spiro atoms. The van der Waals surface area contributed by atoms with Crippen LogP contribution in [-0.4, -0.2) is 55.1 Å². The van der Waals surface area contributed by atoms with Crippen molar-refractivity contribution in [3.05, 3.63) is 11.5 Å². The fourth-order valence-electron chi connectivity index (χ4n) is 2.94. The second-order valence-electron chi connectivity index (χ2n) is 6.14. The zero-order valence-electron chi connectivity index (χ0n) is 14.1. The molecule has 24 heavy (non-hydrogen) atoms. The Morgan fingerprint density at radius 2 is 2.08 bits per heavy atom. The lowest BCUT2D eigenvalue weighted by molar-refractivity contribution is -0.121. The number of carbonyl (C=O) groups is 1. The van der Waals surface area contributed by atoms with Gasteiger partial charge in [0.25, 0.3) is 0 Å². The molecule has 1 amide bonds. The number of aromatic nitrogens is 1. The van der Waals surface area contributed by atoms with Crippen LogP contribution in [0.25, 0.3) is 0 Å². The van der Waals surface area contributed by atoms with Crippen LogP contribution in [0.4, 0.5) is 0 Å². The third-order valence-electron chi connectivity index (χ3n) is 4.31. The standard InChI is InChI=1S/C15H25N3O5S/c1-11-15(12(2)23-17-11)24(21,22)18-8-3-4-13(10-19)5-7-16-14(20)6-9-18/h13,19H,3-10H2,1-2H3,(H,16,20). The van der Waals surface area contributed by atoms with E-state index in [9.17, 15) is 18.3 Å². The Morgan fingerprint density at radius 1 is 1.33 bits per heavy atom. The van der Waals surface area contributed by atoms with Crippen LogP contribution in [0.1, 0.15) is 37.1 Å². The maximum absolute atomic E-state index is 12.9. The van der Waals surface area contributed by atoms with Crippen molar-refractivity contribution >= 4 is 15.9 Å². The van der Waals surface area contributed by atoms with Crippen LogP contribution < -0.4 is 5.32 Å². The van der Waals surface area contributed by atoms with Crippen molar-refractivity contribution < 1.29 is 22.8 Å². The van der Waals surface area contributed by atoms with Gasteiger partial charge in [0.05, 0.1) is 0 Å². The van der Waals surface area contributed by atoms with Gasteiger partial charge in [-0.2, -0.15) is 4.31 Å². The number of sulfonamides is 1. The van der Waals surface area contributed by atoms with Crippen molar-refractivity contribution in [2.45, 2.75) is 44.4 Å². The molecular formula is C15H25N3O5S. The Hall–Kier alpha value is -1.45. The number of carbonyl (C=O) groups excluding carboxylic acids is 1. The summed E-state index contributed by atoms with van der Waals surface area (Å²) < 4.78 is 32.2. The molecule has 1 atom stereocenters. The Morgan fingerprint density at radius 3 is 2.71 bits per heavy atom. The van der Waals surface area contributed by atoms with E-state index in [0.717, 1.165) is 0 Å². The summed E-state index contributed by atoms with van der Waals surface area (Å²) in [5, 5.41) is 15.9. The van der Waals surface area contributed by atoms with Crippen molar-refractivity contribution in [2.75, 3.05) is 26.2 Å². The zero-order valence-corrected chi connectivity index (χ0v) is 14.9. The summed E-state index contributed by atoms with van der Waals surface area (Å²) in [6.45, 7) is 4.10. The van der Waals surface area contributed by atoms with Gasteiger partial charge in [-0.1, -0.05) is 5.16 Å². The van der Waals surface area contributed by atoms with E-state index in [4.69, 9.17) is 4.52 Å². The SMILES string of the molecule is Cc1noc(C)c1S(=O)(=O)N1CCCC(CO)CCNC(=O)CC1. The number of nitrogens with one attached hydrogen (secondary N) is 1. The largest absolute Gasteiger partial charge is 0.396 e. The van der Waals surface area contributed by atoms with Gasteiger partial charge in [0.2, 0.25) is 15.9 Å². The predicted molar refractivity (Wildman–Crippen MR) is 86.8 cm³/mol. The molecular weight excluding hydrogens is 334 g/mol. The summed E-state index contributed by atoms with van der Waals surface area (Å²) in [7, 11) is -3.77. The molecule has 1 aromatic rings. The van der Waals surface area contributed by atoms with E-state index in [2.05, 4.69) is 10.5 Å². The minimum absolute atomic E-state index is 0.0342. The van der Waals surface area contributed by atoms with E-state index < -0.39 is 10.0 Å². The van der Waals surface area contributed by atoms with Gasteiger partial charge in [-0.05, 0) is 39.0 Å². The monoisotopic (exact) mass is 359 g/mol. The van der Waals surface area contributed by atoms with Gasteiger partial charge >= 0.3 is 0 Å². The predicted octanol–water partition coefficient (Wildman–Crippen LogP) is 0.581. The lowest BCUT2D eigenvalue weighted by Crippen LogP contribution is -2.36. The Kier molecular flexibility index (Phi) is 6.36. The highest BCUT2D eigenvalue weighted by Crippen LogP contribution is 2.24. The molecule has 0 aliphatic carbocycles. The zero-order chi connectivity index (χ0) is 17.7. The van der Waals surface area contributed by atoms with Gasteiger partial charge in [0.15, 0.2) is 5.76 Å². The summed E-state index contributed by atoms with van der Waals surface area (Å²) in [5.74, 6) is 0.124. The molecule has 2 heterocycles. The summed E-state index contributed by atoms with van der Waals surface area (Å²) in [4.78, 5) is 12.0. The van der Waals surface area contributed by atoms with Crippen molar-refractivity contribution in [1.82, 2.24) is 14.8 Å². The molecule has 0 radical (unpaired) electrons. The minimum Gasteiger partial charge on any atom is -0.396 e. The Bertz CT molecular complexity index is 651. The van der Waals surface area contributed by atoms with E-state index in [1.807, 2.05) is 0 Å². The average molecular weight is 359 g/mol. The molecule has 1 aliphatic rings. The molecule has 0 bridgehead atoms. The van der Waals surface area contributed by atoms with E-state index in [-0.39, 0.29) is 42.1 Å². The smallest absolute Gasteiger partial charge is 0.248 e. The number of rotatable bonds is 3. The quantitative estimate of drug-likeness (QED) is 0.816. The number of hydrogen-bond donors (Lipinski definition) is 2. The first-order chi connectivity index (χ1) is 11.4. The molecule has 2 N–H and O–H groups in total. The first-order valence-corrected chi connectivity index (χ1v) is 9.61.